The molecule has 1 atom stereocenters. The van der Waals surface area contributed by atoms with E-state index in [-0.39, 0.29) is 11.7 Å². The number of nitrogens with zero attached hydrogens (tertiary/aromatic N) is 2. The number of pyridine rings is 1. The van der Waals surface area contributed by atoms with Gasteiger partial charge in [0, 0.05) is 32.5 Å². The first-order valence-corrected chi connectivity index (χ1v) is 10.3. The van der Waals surface area contributed by atoms with Crippen LogP contribution in [-0.2, 0) is 17.8 Å². The lowest BCUT2D eigenvalue weighted by atomic mass is 9.79. The molecule has 4 rings (SSSR count). The Labute approximate surface area is 176 Å². The molecule has 2 heterocycles. The molecule has 1 aromatic heterocycles. The third kappa shape index (κ3) is 4.41. The molecule has 1 aliphatic heterocycles. The van der Waals surface area contributed by atoms with Crippen molar-refractivity contribution in [3.63, 3.8) is 0 Å². The highest BCUT2D eigenvalue weighted by molar-refractivity contribution is 5.83. The van der Waals surface area contributed by atoms with Crippen LogP contribution in [0.5, 0.6) is 0 Å². The largest absolute Gasteiger partial charge is 0.359 e. The lowest BCUT2D eigenvalue weighted by Gasteiger charge is -2.28. The molecule has 1 N–H and O–H groups in total. The summed E-state index contributed by atoms with van der Waals surface area (Å²) in [6, 6.07) is 19.1. The molecule has 2 aromatic carbocycles. The summed E-state index contributed by atoms with van der Waals surface area (Å²) in [4.78, 5) is 19.2. The van der Waals surface area contributed by atoms with Crippen molar-refractivity contribution in [2.75, 3.05) is 20.1 Å². The molecule has 0 aliphatic carbocycles. The van der Waals surface area contributed by atoms with Crippen LogP contribution in [0.1, 0.15) is 17.5 Å². The van der Waals surface area contributed by atoms with E-state index < -0.39 is 5.41 Å². The van der Waals surface area contributed by atoms with E-state index in [1.54, 1.807) is 31.6 Å². The van der Waals surface area contributed by atoms with Crippen LogP contribution in [0.2, 0.25) is 0 Å². The Bertz CT molecular complexity index is 1010. The van der Waals surface area contributed by atoms with E-state index in [1.807, 2.05) is 18.2 Å². The maximum Gasteiger partial charge on any atom is 0.227 e. The third-order valence-electron chi connectivity index (χ3n) is 5.95. The van der Waals surface area contributed by atoms with Gasteiger partial charge in [-0.1, -0.05) is 36.4 Å². The molecule has 1 fully saturated rings. The van der Waals surface area contributed by atoms with Gasteiger partial charge in [-0.2, -0.15) is 0 Å². The van der Waals surface area contributed by atoms with E-state index >= 15 is 0 Å². The van der Waals surface area contributed by atoms with Crippen LogP contribution >= 0.6 is 0 Å². The van der Waals surface area contributed by atoms with Gasteiger partial charge in [-0.25, -0.2) is 4.39 Å². The Morgan fingerprint density at radius 1 is 1.07 bits per heavy atom. The van der Waals surface area contributed by atoms with E-state index in [9.17, 15) is 9.18 Å². The van der Waals surface area contributed by atoms with Gasteiger partial charge in [-0.3, -0.25) is 14.7 Å². The molecule has 4 nitrogen and oxygen atoms in total. The molecule has 3 aromatic rings. The second kappa shape index (κ2) is 8.76. The Hall–Kier alpha value is -3.05. The van der Waals surface area contributed by atoms with Gasteiger partial charge in [-0.05, 0) is 65.9 Å². The van der Waals surface area contributed by atoms with Gasteiger partial charge in [0.05, 0.1) is 5.41 Å². The monoisotopic (exact) mass is 403 g/mol. The number of likely N-dealkylation sites (tertiary alicyclic amines) is 1. The van der Waals surface area contributed by atoms with Gasteiger partial charge in [0.2, 0.25) is 5.91 Å². The normalized spacial score (nSPS) is 19.0. The molecular weight excluding hydrogens is 377 g/mol. The van der Waals surface area contributed by atoms with Crippen LogP contribution in [-0.4, -0.2) is 35.9 Å². The summed E-state index contributed by atoms with van der Waals surface area (Å²) in [6.07, 6.45) is 5.04. The van der Waals surface area contributed by atoms with E-state index in [0.29, 0.717) is 19.5 Å². The van der Waals surface area contributed by atoms with Crippen molar-refractivity contribution in [3.8, 4) is 11.1 Å². The van der Waals surface area contributed by atoms with Crippen LogP contribution in [0, 0.1) is 11.2 Å². The first kappa shape index (κ1) is 20.2. The lowest BCUT2D eigenvalue weighted by Crippen LogP contribution is -2.43. The second-order valence-electron chi connectivity index (χ2n) is 8.06. The average Bonchev–Trinajstić information content (AvgIpc) is 3.18. The highest BCUT2D eigenvalue weighted by Gasteiger charge is 2.44. The minimum Gasteiger partial charge on any atom is -0.359 e. The maximum absolute atomic E-state index is 13.5. The number of carbonyl (C=O) groups excluding carboxylic acids is 1. The van der Waals surface area contributed by atoms with Gasteiger partial charge >= 0.3 is 0 Å². The molecule has 30 heavy (non-hydrogen) atoms. The van der Waals surface area contributed by atoms with Crippen molar-refractivity contribution in [2.24, 2.45) is 5.41 Å². The molecular formula is C25H26FN3O. The Kier molecular flexibility index (Phi) is 5.91. The van der Waals surface area contributed by atoms with Crippen molar-refractivity contribution >= 4 is 5.91 Å². The highest BCUT2D eigenvalue weighted by atomic mass is 19.1. The van der Waals surface area contributed by atoms with Crippen molar-refractivity contribution in [1.82, 2.24) is 15.2 Å². The summed E-state index contributed by atoms with van der Waals surface area (Å²) in [5, 5.41) is 2.87. The summed E-state index contributed by atoms with van der Waals surface area (Å²) in [5.41, 5.74) is 3.86. The van der Waals surface area contributed by atoms with Gasteiger partial charge in [-0.15, -0.1) is 0 Å². The number of halogens is 1. The first-order chi connectivity index (χ1) is 14.6. The number of benzene rings is 2. The minimum absolute atomic E-state index is 0.0717. The van der Waals surface area contributed by atoms with Gasteiger partial charge in [0.1, 0.15) is 5.82 Å². The van der Waals surface area contributed by atoms with E-state index in [0.717, 1.165) is 35.2 Å². The standard InChI is InChI=1S/C25H26FN3O/c1-27-24(30)25(11-14-29(18-25)17-20-3-2-4-23(26)15-20)16-19-5-7-21(8-6-19)22-9-12-28-13-10-22/h2-10,12-13,15H,11,14,16-18H2,1H3,(H,27,30). The van der Waals surface area contributed by atoms with Gasteiger partial charge in [0.25, 0.3) is 0 Å². The molecule has 0 spiro atoms. The molecule has 1 saturated heterocycles. The number of hydrogen-bond donors (Lipinski definition) is 1. The summed E-state index contributed by atoms with van der Waals surface area (Å²) in [7, 11) is 1.70. The zero-order chi connectivity index (χ0) is 21.0. The fraction of sp³-hybridized carbons (Fsp3) is 0.280. The number of carbonyl (C=O) groups is 1. The molecule has 1 aliphatic rings. The average molecular weight is 404 g/mol. The summed E-state index contributed by atoms with van der Waals surface area (Å²) >= 11 is 0. The summed E-state index contributed by atoms with van der Waals surface area (Å²) < 4.78 is 13.5. The number of hydrogen-bond acceptors (Lipinski definition) is 3. The fourth-order valence-electron chi connectivity index (χ4n) is 4.41. The van der Waals surface area contributed by atoms with Crippen LogP contribution < -0.4 is 5.32 Å². The smallest absolute Gasteiger partial charge is 0.227 e. The number of amides is 1. The Morgan fingerprint density at radius 3 is 2.50 bits per heavy atom. The predicted molar refractivity (Wildman–Crippen MR) is 116 cm³/mol. The van der Waals surface area contributed by atoms with Crippen LogP contribution in [0.3, 0.4) is 0 Å². The molecule has 154 valence electrons. The zero-order valence-corrected chi connectivity index (χ0v) is 17.1. The molecule has 1 unspecified atom stereocenters. The molecule has 0 saturated carbocycles. The van der Waals surface area contributed by atoms with Crippen LogP contribution in [0.4, 0.5) is 4.39 Å². The van der Waals surface area contributed by atoms with E-state index in [2.05, 4.69) is 39.5 Å². The molecule has 5 heteroatoms. The lowest BCUT2D eigenvalue weighted by molar-refractivity contribution is -0.130. The van der Waals surface area contributed by atoms with Crippen LogP contribution in [0.15, 0.2) is 73.1 Å². The second-order valence-corrected chi connectivity index (χ2v) is 8.06. The molecule has 0 radical (unpaired) electrons. The Morgan fingerprint density at radius 2 is 1.80 bits per heavy atom. The number of rotatable bonds is 6. The van der Waals surface area contributed by atoms with Crippen molar-refractivity contribution < 1.29 is 9.18 Å². The van der Waals surface area contributed by atoms with Crippen molar-refractivity contribution in [2.45, 2.75) is 19.4 Å². The highest BCUT2D eigenvalue weighted by Crippen LogP contribution is 2.36. The SMILES string of the molecule is CNC(=O)C1(Cc2ccc(-c3ccncc3)cc2)CCN(Cc2cccc(F)c2)C1. The zero-order valence-electron chi connectivity index (χ0n) is 17.1. The quantitative estimate of drug-likeness (QED) is 0.675. The summed E-state index contributed by atoms with van der Waals surface area (Å²) in [5.74, 6) is -0.152. The first-order valence-electron chi connectivity index (χ1n) is 10.3. The van der Waals surface area contributed by atoms with Crippen LogP contribution in [0.25, 0.3) is 11.1 Å². The molecule has 0 bridgehead atoms. The minimum atomic E-state index is -0.472. The third-order valence-corrected chi connectivity index (χ3v) is 5.95. The predicted octanol–water partition coefficient (Wildman–Crippen LogP) is 4.07. The van der Waals surface area contributed by atoms with Gasteiger partial charge in [0.15, 0.2) is 0 Å². The van der Waals surface area contributed by atoms with E-state index in [4.69, 9.17) is 0 Å². The summed E-state index contributed by atoms with van der Waals surface area (Å²) in [6.45, 7) is 2.13. The number of aromatic nitrogens is 1. The topological polar surface area (TPSA) is 45.2 Å². The number of nitrogens with one attached hydrogen (secondary N) is 1. The van der Waals surface area contributed by atoms with Crippen molar-refractivity contribution in [1.29, 1.82) is 0 Å². The van der Waals surface area contributed by atoms with Gasteiger partial charge < -0.3 is 5.32 Å². The maximum atomic E-state index is 13.5. The fourth-order valence-corrected chi connectivity index (χ4v) is 4.41. The Balaban J connectivity index is 1.50. The molecule has 1 amide bonds. The van der Waals surface area contributed by atoms with Crippen molar-refractivity contribution in [3.05, 3.63) is 90.0 Å². The van der Waals surface area contributed by atoms with E-state index in [1.165, 1.54) is 6.07 Å².